The Balaban J connectivity index is 1.98. The summed E-state index contributed by atoms with van der Waals surface area (Å²) in [5, 5.41) is 12.5. The number of para-hydroxylation sites is 1. The lowest BCUT2D eigenvalue weighted by atomic mass is 10.0. The van der Waals surface area contributed by atoms with E-state index in [4.69, 9.17) is 11.1 Å². The second-order valence-electron chi connectivity index (χ2n) is 6.14. The zero-order chi connectivity index (χ0) is 21.6. The monoisotopic (exact) mass is 404 g/mol. The molecule has 9 heteroatoms. The zero-order valence-electron chi connectivity index (χ0n) is 15.4. The third kappa shape index (κ3) is 6.20. The van der Waals surface area contributed by atoms with Gasteiger partial charge in [0.25, 0.3) is 12.3 Å². The number of carbonyl (C=O) groups is 2. The largest absolute Gasteiger partial charge is 0.399 e. The van der Waals surface area contributed by atoms with Crippen LogP contribution in [0, 0.1) is 11.2 Å². The SMILES string of the molecule is C[C@@H](NC(=O)C(=N)/C=C\C(=O)Nc1ccccc1F)c1cc(N)cc(C(F)F)c1. The maximum atomic E-state index is 13.5. The minimum atomic E-state index is -2.71. The maximum absolute atomic E-state index is 13.5. The third-order valence-electron chi connectivity index (χ3n) is 3.88. The molecule has 0 spiro atoms. The van der Waals surface area contributed by atoms with Crippen LogP contribution in [0.2, 0.25) is 0 Å². The summed E-state index contributed by atoms with van der Waals surface area (Å²) in [4.78, 5) is 23.9. The highest BCUT2D eigenvalue weighted by Gasteiger charge is 2.16. The smallest absolute Gasteiger partial charge is 0.269 e. The summed E-state index contributed by atoms with van der Waals surface area (Å²) in [5.74, 6) is -2.17. The minimum absolute atomic E-state index is 0.0387. The van der Waals surface area contributed by atoms with E-state index in [0.717, 1.165) is 18.2 Å². The summed E-state index contributed by atoms with van der Waals surface area (Å²) in [5.41, 5.74) is 5.22. The Hall–Kier alpha value is -3.62. The van der Waals surface area contributed by atoms with E-state index in [1.165, 1.54) is 36.4 Å². The molecular formula is C20H19F3N4O2. The molecular weight excluding hydrogens is 385 g/mol. The van der Waals surface area contributed by atoms with Gasteiger partial charge < -0.3 is 16.4 Å². The van der Waals surface area contributed by atoms with Crippen molar-refractivity contribution in [2.24, 2.45) is 0 Å². The van der Waals surface area contributed by atoms with E-state index in [1.807, 2.05) is 0 Å². The fourth-order valence-corrected chi connectivity index (χ4v) is 2.41. The van der Waals surface area contributed by atoms with Gasteiger partial charge in [-0.2, -0.15) is 0 Å². The van der Waals surface area contributed by atoms with Crippen molar-refractivity contribution in [3.05, 3.63) is 71.6 Å². The van der Waals surface area contributed by atoms with Gasteiger partial charge in [-0.1, -0.05) is 12.1 Å². The second-order valence-corrected chi connectivity index (χ2v) is 6.14. The Kier molecular flexibility index (Phi) is 7.13. The number of nitrogen functional groups attached to an aromatic ring is 1. The van der Waals surface area contributed by atoms with Gasteiger partial charge in [0.05, 0.1) is 11.7 Å². The molecule has 5 N–H and O–H groups in total. The fourth-order valence-electron chi connectivity index (χ4n) is 2.41. The number of halogens is 3. The Morgan fingerprint density at radius 1 is 1.10 bits per heavy atom. The molecule has 0 fully saturated rings. The molecule has 2 rings (SSSR count). The van der Waals surface area contributed by atoms with Gasteiger partial charge >= 0.3 is 0 Å². The number of anilines is 2. The van der Waals surface area contributed by atoms with Crippen molar-refractivity contribution in [2.75, 3.05) is 11.1 Å². The summed E-state index contributed by atoms with van der Waals surface area (Å²) < 4.78 is 39.3. The predicted octanol–water partition coefficient (Wildman–Crippen LogP) is 3.74. The van der Waals surface area contributed by atoms with Gasteiger partial charge in [0, 0.05) is 17.3 Å². The van der Waals surface area contributed by atoms with Gasteiger partial charge in [0.1, 0.15) is 11.5 Å². The van der Waals surface area contributed by atoms with Gasteiger partial charge in [-0.3, -0.25) is 15.0 Å². The zero-order valence-corrected chi connectivity index (χ0v) is 15.4. The first-order chi connectivity index (χ1) is 13.7. The van der Waals surface area contributed by atoms with Gasteiger partial charge in [-0.05, 0) is 48.9 Å². The van der Waals surface area contributed by atoms with Crippen LogP contribution in [0.5, 0.6) is 0 Å². The first-order valence-corrected chi connectivity index (χ1v) is 8.49. The molecule has 0 aliphatic carbocycles. The van der Waals surface area contributed by atoms with Crippen molar-refractivity contribution < 1.29 is 22.8 Å². The highest BCUT2D eigenvalue weighted by atomic mass is 19.3. The van der Waals surface area contributed by atoms with Gasteiger partial charge in [-0.25, -0.2) is 13.2 Å². The molecule has 0 radical (unpaired) electrons. The summed E-state index contributed by atoms with van der Waals surface area (Å²) >= 11 is 0. The molecule has 0 saturated carbocycles. The molecule has 2 aromatic rings. The van der Waals surface area contributed by atoms with Crippen molar-refractivity contribution in [3.8, 4) is 0 Å². The average Bonchev–Trinajstić information content (AvgIpc) is 2.67. The van der Waals surface area contributed by atoms with E-state index in [1.54, 1.807) is 6.92 Å². The van der Waals surface area contributed by atoms with Crippen molar-refractivity contribution >= 4 is 28.9 Å². The summed E-state index contributed by atoms with van der Waals surface area (Å²) in [6, 6.07) is 8.63. The molecule has 29 heavy (non-hydrogen) atoms. The van der Waals surface area contributed by atoms with Crippen LogP contribution in [0.15, 0.2) is 54.6 Å². The number of nitrogens with two attached hydrogens (primary N) is 1. The van der Waals surface area contributed by atoms with Gasteiger partial charge in [0.2, 0.25) is 5.91 Å². The van der Waals surface area contributed by atoms with Crippen LogP contribution in [0.25, 0.3) is 0 Å². The highest BCUT2D eigenvalue weighted by Crippen LogP contribution is 2.25. The Morgan fingerprint density at radius 3 is 2.41 bits per heavy atom. The van der Waals surface area contributed by atoms with Crippen LogP contribution in [-0.2, 0) is 9.59 Å². The van der Waals surface area contributed by atoms with Crippen molar-refractivity contribution in [1.82, 2.24) is 5.32 Å². The lowest BCUT2D eigenvalue weighted by Crippen LogP contribution is -2.32. The minimum Gasteiger partial charge on any atom is -0.399 e. The summed E-state index contributed by atoms with van der Waals surface area (Å²) in [6.45, 7) is 1.55. The first-order valence-electron chi connectivity index (χ1n) is 8.49. The number of hydrogen-bond donors (Lipinski definition) is 4. The Morgan fingerprint density at radius 2 is 1.76 bits per heavy atom. The predicted molar refractivity (Wildman–Crippen MR) is 104 cm³/mol. The number of rotatable bonds is 7. The molecule has 0 saturated heterocycles. The van der Waals surface area contributed by atoms with E-state index < -0.39 is 35.8 Å². The van der Waals surface area contributed by atoms with E-state index in [2.05, 4.69) is 10.6 Å². The number of nitrogens with one attached hydrogen (secondary N) is 3. The Labute approximate surface area is 165 Å². The van der Waals surface area contributed by atoms with Crippen molar-refractivity contribution in [2.45, 2.75) is 19.4 Å². The second kappa shape index (κ2) is 9.54. The molecule has 0 aliphatic rings. The molecule has 2 aromatic carbocycles. The van der Waals surface area contributed by atoms with Crippen LogP contribution in [0.3, 0.4) is 0 Å². The standard InChI is InChI=1S/C20H19F3N4O2/c1-11(12-8-13(19(22)23)10-14(24)9-12)26-20(29)16(25)6-7-18(28)27-17-5-3-2-4-15(17)21/h2-11,19,25H,24H2,1H3,(H,26,29)(H,27,28)/b7-6-,25-16?/t11-/m1/s1. The third-order valence-corrected chi connectivity index (χ3v) is 3.88. The first kappa shape index (κ1) is 21.7. The molecule has 152 valence electrons. The van der Waals surface area contributed by atoms with Crippen LogP contribution in [0.1, 0.15) is 30.5 Å². The van der Waals surface area contributed by atoms with Gasteiger partial charge in [0.15, 0.2) is 0 Å². The lowest BCUT2D eigenvalue weighted by Gasteiger charge is -2.16. The van der Waals surface area contributed by atoms with Crippen LogP contribution in [0.4, 0.5) is 24.5 Å². The quantitative estimate of drug-likeness (QED) is 0.321. The molecule has 2 amide bonds. The number of amides is 2. The van der Waals surface area contributed by atoms with Crippen LogP contribution < -0.4 is 16.4 Å². The topological polar surface area (TPSA) is 108 Å². The van der Waals surface area contributed by atoms with E-state index >= 15 is 0 Å². The van der Waals surface area contributed by atoms with E-state index in [0.29, 0.717) is 5.56 Å². The fraction of sp³-hybridized carbons (Fsp3) is 0.150. The number of hydrogen-bond acceptors (Lipinski definition) is 4. The molecule has 6 nitrogen and oxygen atoms in total. The number of carbonyl (C=O) groups excluding carboxylic acids is 2. The summed E-state index contributed by atoms with van der Waals surface area (Å²) in [7, 11) is 0. The Bertz CT molecular complexity index is 960. The molecule has 0 bridgehead atoms. The molecule has 0 unspecified atom stereocenters. The van der Waals surface area contributed by atoms with E-state index in [9.17, 15) is 22.8 Å². The summed E-state index contributed by atoms with van der Waals surface area (Å²) in [6.07, 6.45) is -0.856. The van der Waals surface area contributed by atoms with Crippen LogP contribution in [-0.4, -0.2) is 17.5 Å². The molecule has 0 aromatic heterocycles. The maximum Gasteiger partial charge on any atom is 0.269 e. The van der Waals surface area contributed by atoms with Crippen LogP contribution >= 0.6 is 0 Å². The molecule has 0 heterocycles. The van der Waals surface area contributed by atoms with Crippen molar-refractivity contribution in [1.29, 1.82) is 5.41 Å². The lowest BCUT2D eigenvalue weighted by molar-refractivity contribution is -0.115. The molecule has 1 atom stereocenters. The van der Waals surface area contributed by atoms with Crippen molar-refractivity contribution in [3.63, 3.8) is 0 Å². The van der Waals surface area contributed by atoms with Gasteiger partial charge in [-0.15, -0.1) is 0 Å². The average molecular weight is 404 g/mol. The number of alkyl halides is 2. The van der Waals surface area contributed by atoms with E-state index in [-0.39, 0.29) is 16.9 Å². The highest BCUT2D eigenvalue weighted by molar-refractivity contribution is 6.42. The normalized spacial score (nSPS) is 12.0. The molecule has 0 aliphatic heterocycles. The number of benzene rings is 2.